The predicted octanol–water partition coefficient (Wildman–Crippen LogP) is 3.85. The fourth-order valence-electron chi connectivity index (χ4n) is 7.74. The van der Waals surface area contributed by atoms with Crippen molar-refractivity contribution in [2.24, 2.45) is 23.2 Å². The number of amides is 1. The molecule has 0 saturated heterocycles. The van der Waals surface area contributed by atoms with E-state index in [0.29, 0.717) is 54.3 Å². The molecule has 6 heteroatoms. The molecule has 5 rings (SSSR count). The number of ketones is 1. The second-order valence-electron chi connectivity index (χ2n) is 11.6. The molecule has 0 heterocycles. The molecule has 2 aromatic carbocycles. The van der Waals surface area contributed by atoms with Gasteiger partial charge in [0, 0.05) is 31.8 Å². The minimum Gasteiger partial charge on any atom is -0.423 e. The molecule has 2 aromatic rings. The molecule has 2 saturated carbocycles. The van der Waals surface area contributed by atoms with Crippen molar-refractivity contribution in [2.45, 2.75) is 70.8 Å². The molecule has 1 amide bonds. The van der Waals surface area contributed by atoms with E-state index in [1.165, 1.54) is 11.1 Å². The average molecular weight is 487 g/mol. The maximum atomic E-state index is 13.3. The number of rotatable bonds is 7. The lowest BCUT2D eigenvalue weighted by Gasteiger charge is -2.50. The highest BCUT2D eigenvalue weighted by atomic mass is 16.4. The van der Waals surface area contributed by atoms with Crippen molar-refractivity contribution < 1.29 is 19.6 Å². The van der Waals surface area contributed by atoms with Gasteiger partial charge in [-0.15, -0.1) is 0 Å². The highest BCUT2D eigenvalue weighted by Gasteiger charge is 2.58. The highest BCUT2D eigenvalue weighted by Crippen LogP contribution is 2.62. The Morgan fingerprint density at radius 3 is 2.67 bits per heavy atom. The molecular weight excluding hydrogens is 449 g/mol. The van der Waals surface area contributed by atoms with E-state index >= 15 is 0 Å². The third-order valence-corrected chi connectivity index (χ3v) is 9.55. The van der Waals surface area contributed by atoms with Crippen LogP contribution in [0.3, 0.4) is 0 Å². The summed E-state index contributed by atoms with van der Waals surface area (Å²) < 4.78 is 0. The number of hydrogen-bond acceptors (Lipinski definition) is 4. The molecule has 3 aliphatic rings. The van der Waals surface area contributed by atoms with Gasteiger partial charge in [0.1, 0.15) is 5.78 Å². The van der Waals surface area contributed by atoms with E-state index in [0.717, 1.165) is 44.1 Å². The van der Waals surface area contributed by atoms with E-state index < -0.39 is 7.12 Å². The predicted molar refractivity (Wildman–Crippen MR) is 142 cm³/mol. The smallest absolute Gasteiger partial charge is 0.423 e. The van der Waals surface area contributed by atoms with Crippen LogP contribution < -0.4 is 5.46 Å². The van der Waals surface area contributed by atoms with Crippen LogP contribution >= 0.6 is 0 Å². The second kappa shape index (κ2) is 10.1. The van der Waals surface area contributed by atoms with Gasteiger partial charge in [-0.3, -0.25) is 9.59 Å². The van der Waals surface area contributed by atoms with Crippen molar-refractivity contribution in [3.8, 4) is 0 Å². The first-order valence-corrected chi connectivity index (χ1v) is 13.6. The highest BCUT2D eigenvalue weighted by molar-refractivity contribution is 6.58. The topological polar surface area (TPSA) is 77.8 Å². The van der Waals surface area contributed by atoms with Crippen molar-refractivity contribution in [3.05, 3.63) is 65.2 Å². The van der Waals surface area contributed by atoms with Gasteiger partial charge in [-0.2, -0.15) is 0 Å². The molecule has 0 aromatic heterocycles. The molecule has 0 bridgehead atoms. The third-order valence-electron chi connectivity index (χ3n) is 9.55. The van der Waals surface area contributed by atoms with E-state index in [-0.39, 0.29) is 11.3 Å². The number of hydrogen-bond donors (Lipinski definition) is 2. The Hall–Kier alpha value is -2.44. The summed E-state index contributed by atoms with van der Waals surface area (Å²) in [6.45, 7) is 2.83. The molecular formula is C30H38BNO4. The minimum atomic E-state index is -1.44. The number of Topliss-reactive ketones (excluding diaryl/α,β-unsaturated/α-hetero) is 1. The Labute approximate surface area is 215 Å². The standard InChI is InChI=1S/C30H38BNO4/c1-30-16-15-25-24-14-12-23(31(35)36)17-21(24)11-13-26(25)29(30)22(18-27(30)33)9-6-10-28(34)32(2)19-20-7-4-3-5-8-20/h3-5,7-8,12,14,17,22,25-26,29,35-36H,6,9-11,13,15-16,18-19H2,1-2H3/t22-,25?,26?,29?,30+/m0/s1. The molecule has 0 aliphatic heterocycles. The lowest BCUT2D eigenvalue weighted by atomic mass is 9.53. The fraction of sp³-hybridized carbons (Fsp3) is 0.533. The summed E-state index contributed by atoms with van der Waals surface area (Å²) in [5.41, 5.74) is 4.03. The fourth-order valence-corrected chi connectivity index (χ4v) is 7.74. The number of benzene rings is 2. The summed E-state index contributed by atoms with van der Waals surface area (Å²) in [5, 5.41) is 19.2. The van der Waals surface area contributed by atoms with Crippen LogP contribution in [0.5, 0.6) is 0 Å². The zero-order valence-corrected chi connectivity index (χ0v) is 21.5. The molecule has 5 atom stereocenters. The van der Waals surface area contributed by atoms with Gasteiger partial charge in [0.2, 0.25) is 5.91 Å². The van der Waals surface area contributed by atoms with Crippen LogP contribution in [0, 0.1) is 23.2 Å². The Kier molecular flexibility index (Phi) is 7.11. The summed E-state index contributed by atoms with van der Waals surface area (Å²) in [6.07, 6.45) is 6.86. The molecule has 0 radical (unpaired) electrons. The second-order valence-corrected chi connectivity index (χ2v) is 11.6. The number of nitrogens with zero attached hydrogens (tertiary/aromatic N) is 1. The van der Waals surface area contributed by atoms with Crippen molar-refractivity contribution >= 4 is 24.3 Å². The molecule has 2 fully saturated rings. The van der Waals surface area contributed by atoms with E-state index in [2.05, 4.69) is 13.0 Å². The number of aryl methyl sites for hydroxylation is 1. The largest absolute Gasteiger partial charge is 0.488 e. The van der Waals surface area contributed by atoms with Gasteiger partial charge in [0.25, 0.3) is 0 Å². The zero-order chi connectivity index (χ0) is 25.4. The van der Waals surface area contributed by atoms with E-state index in [1.807, 2.05) is 54.4 Å². The van der Waals surface area contributed by atoms with Gasteiger partial charge < -0.3 is 14.9 Å². The first-order valence-electron chi connectivity index (χ1n) is 13.6. The number of carbonyl (C=O) groups is 2. The van der Waals surface area contributed by atoms with E-state index in [1.54, 1.807) is 0 Å². The zero-order valence-electron chi connectivity index (χ0n) is 21.5. The van der Waals surface area contributed by atoms with Crippen LogP contribution in [0.4, 0.5) is 0 Å². The molecule has 190 valence electrons. The van der Waals surface area contributed by atoms with Gasteiger partial charge in [-0.25, -0.2) is 0 Å². The molecule has 2 N–H and O–H groups in total. The van der Waals surface area contributed by atoms with E-state index in [9.17, 15) is 19.6 Å². The Morgan fingerprint density at radius 2 is 1.92 bits per heavy atom. The van der Waals surface area contributed by atoms with Gasteiger partial charge in [-0.1, -0.05) is 55.5 Å². The lowest BCUT2D eigenvalue weighted by molar-refractivity contribution is -0.131. The summed E-state index contributed by atoms with van der Waals surface area (Å²) in [4.78, 5) is 27.9. The molecule has 3 unspecified atom stereocenters. The van der Waals surface area contributed by atoms with Gasteiger partial charge in [-0.05, 0) is 84.3 Å². The van der Waals surface area contributed by atoms with Gasteiger partial charge in [0.05, 0.1) is 0 Å². The van der Waals surface area contributed by atoms with E-state index in [4.69, 9.17) is 0 Å². The first kappa shape index (κ1) is 25.2. The van der Waals surface area contributed by atoms with Crippen molar-refractivity contribution in [1.29, 1.82) is 0 Å². The average Bonchev–Trinajstić information content (AvgIpc) is 3.13. The summed E-state index contributed by atoms with van der Waals surface area (Å²) in [5.74, 6) is 2.23. The quantitative estimate of drug-likeness (QED) is 0.582. The molecule has 0 spiro atoms. The van der Waals surface area contributed by atoms with Crippen LogP contribution in [0.2, 0.25) is 0 Å². The maximum absolute atomic E-state index is 13.3. The van der Waals surface area contributed by atoms with Crippen molar-refractivity contribution in [3.63, 3.8) is 0 Å². The van der Waals surface area contributed by atoms with Gasteiger partial charge in [0.15, 0.2) is 0 Å². The molecule has 3 aliphatic carbocycles. The minimum absolute atomic E-state index is 0.168. The van der Waals surface area contributed by atoms with Crippen LogP contribution in [-0.2, 0) is 22.6 Å². The Bertz CT molecular complexity index is 1120. The third kappa shape index (κ3) is 4.66. The summed E-state index contributed by atoms with van der Waals surface area (Å²) in [6, 6.07) is 16.0. The lowest BCUT2D eigenvalue weighted by Crippen LogP contribution is -2.44. The first-order chi connectivity index (χ1) is 17.3. The van der Waals surface area contributed by atoms with Crippen molar-refractivity contribution in [2.75, 3.05) is 7.05 Å². The number of carbonyl (C=O) groups excluding carboxylic acids is 2. The van der Waals surface area contributed by atoms with Crippen LogP contribution in [0.15, 0.2) is 48.5 Å². The van der Waals surface area contributed by atoms with Crippen LogP contribution in [-0.4, -0.2) is 40.8 Å². The number of fused-ring (bicyclic) bond motifs is 5. The Balaban J connectivity index is 1.25. The summed E-state index contributed by atoms with van der Waals surface area (Å²) >= 11 is 0. The Morgan fingerprint density at radius 1 is 1.14 bits per heavy atom. The normalized spacial score (nSPS) is 28.7. The molecule has 36 heavy (non-hydrogen) atoms. The van der Waals surface area contributed by atoms with Gasteiger partial charge >= 0.3 is 7.12 Å². The molecule has 5 nitrogen and oxygen atoms in total. The van der Waals surface area contributed by atoms with Crippen LogP contribution in [0.1, 0.15) is 74.5 Å². The summed E-state index contributed by atoms with van der Waals surface area (Å²) in [7, 11) is 0.437. The van der Waals surface area contributed by atoms with Crippen LogP contribution in [0.25, 0.3) is 0 Å². The van der Waals surface area contributed by atoms with Crippen molar-refractivity contribution in [1.82, 2.24) is 4.90 Å². The maximum Gasteiger partial charge on any atom is 0.488 e. The SMILES string of the molecule is CN(Cc1ccccc1)C(=O)CCC[C@H]1CC(=O)[C@@]2(C)CCC3c4ccc(B(O)O)cc4CCC3C12. The monoisotopic (exact) mass is 487 g/mol.